The van der Waals surface area contributed by atoms with Gasteiger partial charge in [-0.15, -0.1) is 0 Å². The molecule has 3 aliphatic carbocycles. The Hall–Kier alpha value is -0.903. The van der Waals surface area contributed by atoms with Crippen LogP contribution in [0.15, 0.2) is 47.6 Å². The first-order chi connectivity index (χ1) is 17.1. The Labute approximate surface area is 230 Å². The van der Waals surface area contributed by atoms with Crippen LogP contribution in [0.4, 0.5) is 0 Å². The van der Waals surface area contributed by atoms with Gasteiger partial charge in [0.25, 0.3) is 0 Å². The Morgan fingerprint density at radius 2 is 1.76 bits per heavy atom. The summed E-state index contributed by atoms with van der Waals surface area (Å²) in [7, 11) is -1.88. The lowest BCUT2D eigenvalue weighted by molar-refractivity contribution is 0.0924. The maximum absolute atomic E-state index is 10.8. The summed E-state index contributed by atoms with van der Waals surface area (Å²) in [5.74, 6) is 3.42. The minimum atomic E-state index is -1.88. The molecule has 3 unspecified atom stereocenters. The molecule has 3 rings (SSSR count). The van der Waals surface area contributed by atoms with E-state index in [1.54, 1.807) is 5.57 Å². The number of fused-ring (bicyclic) bond motifs is 1. The van der Waals surface area contributed by atoms with Gasteiger partial charge in [-0.2, -0.15) is 0 Å². The third-order valence-corrected chi connectivity index (χ3v) is 15.5. The van der Waals surface area contributed by atoms with Gasteiger partial charge < -0.3 is 9.53 Å². The molecule has 0 saturated heterocycles. The lowest BCUT2D eigenvalue weighted by atomic mass is 9.61. The zero-order valence-electron chi connectivity index (χ0n) is 25.9. The Morgan fingerprint density at radius 1 is 1.08 bits per heavy atom. The van der Waals surface area contributed by atoms with Crippen LogP contribution in [0.25, 0.3) is 0 Å². The van der Waals surface area contributed by atoms with Crippen molar-refractivity contribution in [3.63, 3.8) is 0 Å². The van der Waals surface area contributed by atoms with Crippen molar-refractivity contribution in [3.05, 3.63) is 47.6 Å². The van der Waals surface area contributed by atoms with Crippen LogP contribution in [0.3, 0.4) is 0 Å². The molecule has 7 atom stereocenters. The van der Waals surface area contributed by atoms with Gasteiger partial charge in [0.1, 0.15) is 0 Å². The molecule has 0 heterocycles. The highest BCUT2D eigenvalue weighted by atomic mass is 28.4. The van der Waals surface area contributed by atoms with Crippen LogP contribution in [0.1, 0.15) is 100 Å². The summed E-state index contributed by atoms with van der Waals surface area (Å²) < 4.78 is 6.73. The predicted molar refractivity (Wildman–Crippen MR) is 163 cm³/mol. The van der Waals surface area contributed by atoms with Crippen LogP contribution in [-0.4, -0.2) is 25.6 Å². The van der Waals surface area contributed by atoms with E-state index >= 15 is 0 Å². The molecular weight excluding hydrogens is 468 g/mol. The Morgan fingerprint density at radius 3 is 2.38 bits per heavy atom. The summed E-state index contributed by atoms with van der Waals surface area (Å²) in [5, 5.41) is 11.0. The van der Waals surface area contributed by atoms with E-state index in [4.69, 9.17) is 4.43 Å². The molecule has 1 N–H and O–H groups in total. The number of hydrogen-bond acceptors (Lipinski definition) is 2. The van der Waals surface area contributed by atoms with E-state index in [9.17, 15) is 5.11 Å². The number of aliphatic hydroxyl groups excluding tert-OH is 1. The van der Waals surface area contributed by atoms with Gasteiger partial charge in [-0.05, 0) is 103 Å². The van der Waals surface area contributed by atoms with Crippen LogP contribution in [-0.2, 0) is 4.43 Å². The van der Waals surface area contributed by atoms with Crippen molar-refractivity contribution in [1.29, 1.82) is 0 Å². The fourth-order valence-corrected chi connectivity index (χ4v) is 8.35. The van der Waals surface area contributed by atoms with E-state index in [0.29, 0.717) is 35.5 Å². The lowest BCUT2D eigenvalue weighted by Crippen LogP contribution is -2.46. The van der Waals surface area contributed by atoms with E-state index in [1.165, 1.54) is 37.7 Å². The third-order valence-electron chi connectivity index (χ3n) is 11.0. The fraction of sp³-hybridized carbons (Fsp3) is 0.765. The molecule has 0 radical (unpaired) electrons. The quantitative estimate of drug-likeness (QED) is 0.264. The van der Waals surface area contributed by atoms with E-state index in [2.05, 4.69) is 99.4 Å². The van der Waals surface area contributed by atoms with Crippen molar-refractivity contribution >= 4 is 8.32 Å². The lowest BCUT2D eigenvalue weighted by Gasteiger charge is -2.44. The van der Waals surface area contributed by atoms with Gasteiger partial charge >= 0.3 is 0 Å². The minimum Gasteiger partial charge on any atom is -0.413 e. The van der Waals surface area contributed by atoms with Gasteiger partial charge in [-0.3, -0.25) is 0 Å². The number of allylic oxidation sites excluding steroid dienone is 5. The van der Waals surface area contributed by atoms with Crippen molar-refractivity contribution in [2.75, 3.05) is 0 Å². The molecule has 3 saturated carbocycles. The molecular formula is C34H58O2Si. The first-order valence-electron chi connectivity index (χ1n) is 15.2. The smallest absolute Gasteiger partial charge is 0.192 e. The van der Waals surface area contributed by atoms with Crippen LogP contribution in [0.2, 0.25) is 18.1 Å². The zero-order chi connectivity index (χ0) is 27.8. The van der Waals surface area contributed by atoms with Gasteiger partial charge in [0.15, 0.2) is 8.32 Å². The molecule has 37 heavy (non-hydrogen) atoms. The topological polar surface area (TPSA) is 29.5 Å². The molecule has 3 aliphatic rings. The molecule has 0 amide bonds. The first kappa shape index (κ1) is 30.6. The van der Waals surface area contributed by atoms with E-state index < -0.39 is 14.4 Å². The van der Waals surface area contributed by atoms with Gasteiger partial charge in [0.2, 0.25) is 0 Å². The van der Waals surface area contributed by atoms with Crippen LogP contribution >= 0.6 is 0 Å². The maximum Gasteiger partial charge on any atom is 0.192 e. The molecule has 0 aliphatic heterocycles. The van der Waals surface area contributed by atoms with Gasteiger partial charge in [0, 0.05) is 6.42 Å². The highest BCUT2D eigenvalue weighted by molar-refractivity contribution is 6.74. The fourth-order valence-electron chi connectivity index (χ4n) is 6.98. The Kier molecular flexibility index (Phi) is 9.67. The second-order valence-electron chi connectivity index (χ2n) is 14.9. The zero-order valence-corrected chi connectivity index (χ0v) is 26.9. The van der Waals surface area contributed by atoms with Crippen LogP contribution in [0, 0.1) is 35.0 Å². The van der Waals surface area contributed by atoms with E-state index in [-0.39, 0.29) is 11.1 Å². The van der Waals surface area contributed by atoms with Gasteiger partial charge in [0.05, 0.1) is 12.2 Å². The molecule has 0 aromatic heterocycles. The van der Waals surface area contributed by atoms with Gasteiger partial charge in [-0.25, -0.2) is 0 Å². The maximum atomic E-state index is 10.8. The molecule has 3 fully saturated rings. The van der Waals surface area contributed by atoms with Crippen molar-refractivity contribution in [3.8, 4) is 0 Å². The van der Waals surface area contributed by atoms with Gasteiger partial charge in [-0.1, -0.05) is 91.8 Å². The second kappa shape index (κ2) is 11.7. The van der Waals surface area contributed by atoms with E-state index in [0.717, 1.165) is 17.9 Å². The van der Waals surface area contributed by atoms with Crippen molar-refractivity contribution in [2.45, 2.75) is 131 Å². The Bertz CT molecular complexity index is 901. The molecule has 0 aromatic carbocycles. The highest BCUT2D eigenvalue weighted by Gasteiger charge is 2.50. The predicted octanol–water partition coefficient (Wildman–Crippen LogP) is 9.64. The molecule has 2 nitrogen and oxygen atoms in total. The Balaban J connectivity index is 1.77. The molecule has 0 bridgehead atoms. The summed E-state index contributed by atoms with van der Waals surface area (Å²) in [5.41, 5.74) is 4.11. The average molecular weight is 527 g/mol. The second-order valence-corrected chi connectivity index (χ2v) is 19.6. The SMILES string of the molecule is C=C1/C(=C/C=C2\CCC[C@@]3(C)C2CCC3[C@H](C)/C=C/[C@H](C)C(C)C)C[C@@H](O[Si](C)(C)C(C)(C)C)CC1O. The molecule has 210 valence electrons. The molecule has 3 heteroatoms. The van der Waals surface area contributed by atoms with E-state index in [1.807, 2.05) is 0 Å². The molecule has 0 aromatic rings. The summed E-state index contributed by atoms with van der Waals surface area (Å²) in [4.78, 5) is 0. The molecule has 0 spiro atoms. The first-order valence-corrected chi connectivity index (χ1v) is 18.1. The standard InChI is InChI=1S/C34H58O2Si/c1-23(2)24(3)14-15-25(4)30-18-19-31-27(13-12-20-34(30,31)9)16-17-28-21-29(22-32(35)26(28)5)36-37(10,11)33(6,7)8/h14-17,23-25,29-32,35H,5,12-13,18-22H2,1-4,6-11H3/b15-14+,27-16+,28-17+/t24-,25+,29+,30?,31?,32?,34+/m0/s1. The monoisotopic (exact) mass is 526 g/mol. The summed E-state index contributed by atoms with van der Waals surface area (Å²) in [6.07, 6.45) is 17.3. The van der Waals surface area contributed by atoms with Crippen molar-refractivity contribution in [1.82, 2.24) is 0 Å². The van der Waals surface area contributed by atoms with Crippen LogP contribution < -0.4 is 0 Å². The third kappa shape index (κ3) is 6.82. The number of rotatable bonds is 7. The summed E-state index contributed by atoms with van der Waals surface area (Å²) in [6, 6.07) is 0. The average Bonchev–Trinajstić information content (AvgIpc) is 3.15. The summed E-state index contributed by atoms with van der Waals surface area (Å²) in [6.45, 7) is 27.8. The normalized spacial score (nSPS) is 35.5. The highest BCUT2D eigenvalue weighted by Crippen LogP contribution is 2.59. The number of aliphatic hydroxyl groups is 1. The van der Waals surface area contributed by atoms with Crippen molar-refractivity contribution in [2.24, 2.45) is 35.0 Å². The van der Waals surface area contributed by atoms with Crippen molar-refractivity contribution < 1.29 is 9.53 Å². The minimum absolute atomic E-state index is 0.0828. The summed E-state index contributed by atoms with van der Waals surface area (Å²) >= 11 is 0. The van der Waals surface area contributed by atoms with Crippen LogP contribution in [0.5, 0.6) is 0 Å². The largest absolute Gasteiger partial charge is 0.413 e. The number of hydrogen-bond donors (Lipinski definition) is 1.